The first kappa shape index (κ1) is 18.9. The minimum absolute atomic E-state index is 0.155. The molecule has 1 saturated heterocycles. The maximum absolute atomic E-state index is 14.7. The third-order valence-electron chi connectivity index (χ3n) is 5.33. The molecule has 1 saturated carbocycles. The second-order valence-electron chi connectivity index (χ2n) is 7.09. The number of aliphatic hydroxyl groups is 1. The number of carbonyl (C=O) groups excluding carboxylic acids is 1. The molecular formula is C20H20FNO5S. The summed E-state index contributed by atoms with van der Waals surface area (Å²) >= 11 is 0. The smallest absolute Gasteiger partial charge is 0.414 e. The molecule has 2 aromatic rings. The van der Waals surface area contributed by atoms with E-state index in [4.69, 9.17) is 9.84 Å². The summed E-state index contributed by atoms with van der Waals surface area (Å²) in [7, 11) is -3.32. The zero-order valence-electron chi connectivity index (χ0n) is 15.0. The highest BCUT2D eigenvalue weighted by atomic mass is 32.2. The number of carbonyl (C=O) groups is 1. The third-order valence-corrected chi connectivity index (χ3v) is 7.61. The van der Waals surface area contributed by atoms with Crippen LogP contribution in [-0.2, 0) is 14.6 Å². The predicted molar refractivity (Wildman–Crippen MR) is 101 cm³/mol. The van der Waals surface area contributed by atoms with E-state index in [-0.39, 0.29) is 23.3 Å². The summed E-state index contributed by atoms with van der Waals surface area (Å²) in [5, 5.41) is 8.80. The number of sulfone groups is 1. The van der Waals surface area contributed by atoms with Crippen molar-refractivity contribution in [2.45, 2.75) is 35.5 Å². The molecule has 28 heavy (non-hydrogen) atoms. The van der Waals surface area contributed by atoms with Crippen LogP contribution in [0.2, 0.25) is 0 Å². The lowest BCUT2D eigenvalue weighted by molar-refractivity contribution is 0.0963. The van der Waals surface area contributed by atoms with E-state index in [0.717, 1.165) is 6.42 Å². The van der Waals surface area contributed by atoms with Crippen LogP contribution in [0.3, 0.4) is 0 Å². The number of cyclic esters (lactones) is 1. The SMILES string of the molecule is O=C1O[C@@H](CO)CN1c1ccc(-c2ccc(S(=O)(=O)C3CCC3)cc2)c(F)c1. The van der Waals surface area contributed by atoms with E-state index in [2.05, 4.69) is 0 Å². The fraction of sp³-hybridized carbons (Fsp3) is 0.350. The van der Waals surface area contributed by atoms with Crippen LogP contribution in [0.5, 0.6) is 0 Å². The van der Waals surface area contributed by atoms with Crippen molar-refractivity contribution in [3.05, 3.63) is 48.3 Å². The zero-order valence-corrected chi connectivity index (χ0v) is 15.9. The second kappa shape index (κ2) is 7.18. The topological polar surface area (TPSA) is 83.9 Å². The van der Waals surface area contributed by atoms with Gasteiger partial charge in [-0.25, -0.2) is 17.6 Å². The molecule has 1 atom stereocenters. The van der Waals surface area contributed by atoms with Crippen molar-refractivity contribution in [2.75, 3.05) is 18.1 Å². The van der Waals surface area contributed by atoms with Crippen LogP contribution in [0, 0.1) is 5.82 Å². The number of hydrogen-bond acceptors (Lipinski definition) is 5. The molecule has 4 rings (SSSR count). The van der Waals surface area contributed by atoms with Gasteiger partial charge in [0.25, 0.3) is 0 Å². The third kappa shape index (κ3) is 3.27. The number of aliphatic hydroxyl groups excluding tert-OH is 1. The lowest BCUT2D eigenvalue weighted by atomic mass is 10.00. The summed E-state index contributed by atoms with van der Waals surface area (Å²) in [5.41, 5.74) is 1.20. The second-order valence-corrected chi connectivity index (χ2v) is 9.31. The monoisotopic (exact) mass is 405 g/mol. The molecule has 1 N–H and O–H groups in total. The van der Waals surface area contributed by atoms with E-state index in [9.17, 15) is 17.6 Å². The van der Waals surface area contributed by atoms with Gasteiger partial charge in [-0.15, -0.1) is 0 Å². The fourth-order valence-electron chi connectivity index (χ4n) is 3.43. The van der Waals surface area contributed by atoms with Gasteiger partial charge in [-0.3, -0.25) is 4.90 Å². The highest BCUT2D eigenvalue weighted by molar-refractivity contribution is 7.92. The molecule has 1 aliphatic carbocycles. The minimum Gasteiger partial charge on any atom is -0.441 e. The Morgan fingerprint density at radius 3 is 2.39 bits per heavy atom. The average Bonchev–Trinajstić information content (AvgIpc) is 3.01. The van der Waals surface area contributed by atoms with Crippen molar-refractivity contribution in [1.29, 1.82) is 0 Å². The number of nitrogens with zero attached hydrogens (tertiary/aromatic N) is 1. The largest absolute Gasteiger partial charge is 0.441 e. The Bertz CT molecular complexity index is 1000. The molecule has 0 aromatic heterocycles. The molecule has 148 valence electrons. The van der Waals surface area contributed by atoms with Gasteiger partial charge in [0.1, 0.15) is 11.9 Å². The van der Waals surface area contributed by atoms with Crippen molar-refractivity contribution in [1.82, 2.24) is 0 Å². The number of benzene rings is 2. The van der Waals surface area contributed by atoms with Crippen LogP contribution in [0.25, 0.3) is 11.1 Å². The highest BCUT2D eigenvalue weighted by Crippen LogP contribution is 2.33. The summed E-state index contributed by atoms with van der Waals surface area (Å²) in [6.07, 6.45) is 1.06. The van der Waals surface area contributed by atoms with E-state index >= 15 is 0 Å². The molecule has 0 spiro atoms. The fourth-order valence-corrected chi connectivity index (χ4v) is 5.29. The zero-order chi connectivity index (χ0) is 19.9. The van der Waals surface area contributed by atoms with E-state index < -0.39 is 27.9 Å². The standard InChI is InChI=1S/C20H20FNO5S/c21-19-10-14(22-11-15(12-23)27-20(22)24)6-9-18(19)13-4-7-17(8-5-13)28(25,26)16-2-1-3-16/h4-10,15-16,23H,1-3,11-12H2/t15-/m1/s1. The van der Waals surface area contributed by atoms with Gasteiger partial charge in [-0.2, -0.15) is 0 Å². The average molecular weight is 405 g/mol. The van der Waals surface area contributed by atoms with Crippen molar-refractivity contribution >= 4 is 21.6 Å². The van der Waals surface area contributed by atoms with Gasteiger partial charge in [0, 0.05) is 5.56 Å². The molecule has 0 radical (unpaired) electrons. The van der Waals surface area contributed by atoms with Crippen LogP contribution < -0.4 is 4.90 Å². The highest BCUT2D eigenvalue weighted by Gasteiger charge is 2.33. The summed E-state index contributed by atoms with van der Waals surface area (Å²) in [4.78, 5) is 13.4. The van der Waals surface area contributed by atoms with Crippen LogP contribution >= 0.6 is 0 Å². The number of amides is 1. The van der Waals surface area contributed by atoms with Gasteiger partial charge in [0.15, 0.2) is 9.84 Å². The number of rotatable bonds is 5. The van der Waals surface area contributed by atoms with Gasteiger partial charge >= 0.3 is 6.09 Å². The van der Waals surface area contributed by atoms with Crippen molar-refractivity contribution in [2.24, 2.45) is 0 Å². The number of anilines is 1. The van der Waals surface area contributed by atoms with Crippen LogP contribution in [0.15, 0.2) is 47.4 Å². The Hall–Kier alpha value is -2.45. The summed E-state index contributed by atoms with van der Waals surface area (Å²) < 4.78 is 44.6. The van der Waals surface area contributed by atoms with E-state index in [1.807, 2.05) is 0 Å². The Morgan fingerprint density at radius 2 is 1.86 bits per heavy atom. The Balaban J connectivity index is 1.57. The molecule has 6 nitrogen and oxygen atoms in total. The Kier molecular flexibility index (Phi) is 4.84. The maximum Gasteiger partial charge on any atom is 0.414 e. The minimum atomic E-state index is -3.32. The molecule has 2 fully saturated rings. The molecule has 1 heterocycles. The molecule has 8 heteroatoms. The molecule has 1 amide bonds. The quantitative estimate of drug-likeness (QED) is 0.826. The number of ether oxygens (including phenoxy) is 1. The molecule has 1 aliphatic heterocycles. The van der Waals surface area contributed by atoms with Gasteiger partial charge in [0.2, 0.25) is 0 Å². The van der Waals surface area contributed by atoms with Gasteiger partial charge in [-0.1, -0.05) is 18.6 Å². The van der Waals surface area contributed by atoms with E-state index in [1.165, 1.54) is 23.1 Å². The predicted octanol–water partition coefficient (Wildman–Crippen LogP) is 3.14. The normalized spacial score (nSPS) is 20.1. The lowest BCUT2D eigenvalue weighted by Gasteiger charge is -2.25. The summed E-state index contributed by atoms with van der Waals surface area (Å²) in [6.45, 7) is -0.138. The number of halogens is 1. The first-order valence-electron chi connectivity index (χ1n) is 9.13. The first-order chi connectivity index (χ1) is 13.4. The molecule has 0 unspecified atom stereocenters. The first-order valence-corrected chi connectivity index (χ1v) is 10.7. The lowest BCUT2D eigenvalue weighted by Crippen LogP contribution is -2.28. The van der Waals surface area contributed by atoms with Crippen molar-refractivity contribution in [3.8, 4) is 11.1 Å². The van der Waals surface area contributed by atoms with Crippen molar-refractivity contribution in [3.63, 3.8) is 0 Å². The van der Waals surface area contributed by atoms with E-state index in [1.54, 1.807) is 24.3 Å². The molecule has 0 bridgehead atoms. The molecule has 2 aromatic carbocycles. The maximum atomic E-state index is 14.7. The van der Waals surface area contributed by atoms with E-state index in [0.29, 0.717) is 29.7 Å². The number of hydrogen-bond donors (Lipinski definition) is 1. The Morgan fingerprint density at radius 1 is 1.14 bits per heavy atom. The van der Waals surface area contributed by atoms with Gasteiger partial charge in [-0.05, 0) is 48.7 Å². The van der Waals surface area contributed by atoms with Crippen molar-refractivity contribution < 1.29 is 27.4 Å². The Labute approximate surface area is 162 Å². The summed E-state index contributed by atoms with van der Waals surface area (Å²) in [5.74, 6) is -0.535. The van der Waals surface area contributed by atoms with Crippen LogP contribution in [-0.4, -0.2) is 44.1 Å². The summed E-state index contributed by atoms with van der Waals surface area (Å²) in [6, 6.07) is 10.6. The molecule has 2 aliphatic rings. The van der Waals surface area contributed by atoms with Crippen LogP contribution in [0.1, 0.15) is 19.3 Å². The van der Waals surface area contributed by atoms with Gasteiger partial charge < -0.3 is 9.84 Å². The molecular weight excluding hydrogens is 385 g/mol. The van der Waals surface area contributed by atoms with Gasteiger partial charge in [0.05, 0.1) is 29.0 Å². The van der Waals surface area contributed by atoms with Crippen LogP contribution in [0.4, 0.5) is 14.9 Å².